The lowest BCUT2D eigenvalue weighted by molar-refractivity contribution is 0.518. The summed E-state index contributed by atoms with van der Waals surface area (Å²) in [5.74, 6) is 0.622. The first-order chi connectivity index (χ1) is 7.24. The molecule has 2 rings (SSSR count). The minimum atomic E-state index is 0.419. The number of imidazole rings is 1. The molecule has 0 aliphatic carbocycles. The Labute approximate surface area is 89.9 Å². The number of nitrogens with two attached hydrogens (primary N) is 1. The van der Waals surface area contributed by atoms with E-state index in [0.717, 1.165) is 23.9 Å². The van der Waals surface area contributed by atoms with Crippen molar-refractivity contribution in [3.63, 3.8) is 0 Å². The van der Waals surface area contributed by atoms with Crippen LogP contribution in [0.1, 0.15) is 32.7 Å². The Morgan fingerprint density at radius 2 is 2.13 bits per heavy atom. The largest absolute Gasteiger partial charge is 0.369 e. The van der Waals surface area contributed by atoms with Gasteiger partial charge >= 0.3 is 0 Å². The molecule has 2 aromatic rings. The Balaban J connectivity index is 2.53. The summed E-state index contributed by atoms with van der Waals surface area (Å²) in [7, 11) is 0. The van der Waals surface area contributed by atoms with Gasteiger partial charge in [0, 0.05) is 6.04 Å². The third-order valence-corrected chi connectivity index (χ3v) is 2.77. The maximum atomic E-state index is 5.94. The molecular formula is C12H17N3. The number of hydrogen-bond acceptors (Lipinski definition) is 2. The van der Waals surface area contributed by atoms with Gasteiger partial charge in [0.15, 0.2) is 0 Å². The molecule has 0 fully saturated rings. The van der Waals surface area contributed by atoms with Crippen molar-refractivity contribution in [1.29, 1.82) is 0 Å². The van der Waals surface area contributed by atoms with Crippen molar-refractivity contribution in [2.45, 2.75) is 32.7 Å². The van der Waals surface area contributed by atoms with Crippen molar-refractivity contribution in [3.8, 4) is 0 Å². The van der Waals surface area contributed by atoms with Crippen LogP contribution in [0.4, 0.5) is 5.95 Å². The van der Waals surface area contributed by atoms with Crippen LogP contribution in [-0.2, 0) is 0 Å². The highest BCUT2D eigenvalue weighted by Gasteiger charge is 2.12. The Kier molecular flexibility index (Phi) is 2.62. The zero-order valence-electron chi connectivity index (χ0n) is 9.27. The third-order valence-electron chi connectivity index (χ3n) is 2.77. The first-order valence-corrected chi connectivity index (χ1v) is 5.46. The minimum absolute atomic E-state index is 0.419. The van der Waals surface area contributed by atoms with E-state index < -0.39 is 0 Å². The van der Waals surface area contributed by atoms with Crippen LogP contribution in [0.15, 0.2) is 24.3 Å². The average molecular weight is 203 g/mol. The summed E-state index contributed by atoms with van der Waals surface area (Å²) >= 11 is 0. The van der Waals surface area contributed by atoms with E-state index >= 15 is 0 Å². The Hall–Kier alpha value is -1.51. The van der Waals surface area contributed by atoms with Gasteiger partial charge in [0.05, 0.1) is 11.0 Å². The van der Waals surface area contributed by atoms with Crippen molar-refractivity contribution in [2.75, 3.05) is 5.73 Å². The molecule has 1 aromatic heterocycles. The van der Waals surface area contributed by atoms with Crippen molar-refractivity contribution in [2.24, 2.45) is 0 Å². The topological polar surface area (TPSA) is 43.8 Å². The normalized spacial score (nSPS) is 13.2. The lowest BCUT2D eigenvalue weighted by atomic mass is 10.2. The molecule has 0 aliphatic heterocycles. The van der Waals surface area contributed by atoms with E-state index in [1.165, 1.54) is 0 Å². The van der Waals surface area contributed by atoms with Crippen LogP contribution >= 0.6 is 0 Å². The summed E-state index contributed by atoms with van der Waals surface area (Å²) < 4.78 is 2.12. The second-order valence-electron chi connectivity index (χ2n) is 3.97. The van der Waals surface area contributed by atoms with Crippen LogP contribution in [0.2, 0.25) is 0 Å². The van der Waals surface area contributed by atoms with Gasteiger partial charge in [-0.3, -0.25) is 0 Å². The molecule has 0 amide bonds. The number of nitrogen functional groups attached to an aromatic ring is 1. The van der Waals surface area contributed by atoms with Crippen LogP contribution in [-0.4, -0.2) is 9.55 Å². The monoisotopic (exact) mass is 203 g/mol. The van der Waals surface area contributed by atoms with Crippen LogP contribution in [0, 0.1) is 0 Å². The fraction of sp³-hybridized carbons (Fsp3) is 0.417. The summed E-state index contributed by atoms with van der Waals surface area (Å²) in [4.78, 5) is 4.36. The highest BCUT2D eigenvalue weighted by Crippen LogP contribution is 2.24. The molecule has 1 aromatic carbocycles. The van der Waals surface area contributed by atoms with Crippen LogP contribution in [0.3, 0.4) is 0 Å². The summed E-state index contributed by atoms with van der Waals surface area (Å²) in [6.07, 6.45) is 2.29. The van der Waals surface area contributed by atoms with Gasteiger partial charge in [0.25, 0.3) is 0 Å². The Morgan fingerprint density at radius 1 is 1.40 bits per heavy atom. The summed E-state index contributed by atoms with van der Waals surface area (Å²) in [6, 6.07) is 8.51. The molecule has 1 heterocycles. The number of fused-ring (bicyclic) bond motifs is 1. The fourth-order valence-electron chi connectivity index (χ4n) is 2.07. The fourth-order valence-corrected chi connectivity index (χ4v) is 2.07. The maximum absolute atomic E-state index is 5.94. The smallest absolute Gasteiger partial charge is 0.201 e. The van der Waals surface area contributed by atoms with E-state index in [0.29, 0.717) is 12.0 Å². The predicted molar refractivity (Wildman–Crippen MR) is 63.8 cm³/mol. The molecule has 15 heavy (non-hydrogen) atoms. The average Bonchev–Trinajstić information content (AvgIpc) is 2.54. The predicted octanol–water partition coefficient (Wildman–Crippen LogP) is 2.98. The quantitative estimate of drug-likeness (QED) is 0.833. The summed E-state index contributed by atoms with van der Waals surface area (Å²) in [6.45, 7) is 4.37. The van der Waals surface area contributed by atoms with E-state index in [2.05, 4.69) is 29.5 Å². The van der Waals surface area contributed by atoms with Gasteiger partial charge in [-0.25, -0.2) is 4.98 Å². The molecule has 0 saturated carbocycles. The molecule has 1 atom stereocenters. The number of hydrogen-bond donors (Lipinski definition) is 1. The summed E-state index contributed by atoms with van der Waals surface area (Å²) in [5, 5.41) is 0. The SMILES string of the molecule is CCCC(C)n1c(N)nc2ccccc21. The van der Waals surface area contributed by atoms with Crippen molar-refractivity contribution in [1.82, 2.24) is 9.55 Å². The zero-order chi connectivity index (χ0) is 10.8. The van der Waals surface area contributed by atoms with Gasteiger partial charge < -0.3 is 10.3 Å². The van der Waals surface area contributed by atoms with Gasteiger partial charge in [0.2, 0.25) is 5.95 Å². The molecule has 2 N–H and O–H groups in total. The van der Waals surface area contributed by atoms with Crippen LogP contribution in [0.25, 0.3) is 11.0 Å². The molecule has 3 nitrogen and oxygen atoms in total. The maximum Gasteiger partial charge on any atom is 0.201 e. The van der Waals surface area contributed by atoms with E-state index in [1.54, 1.807) is 0 Å². The van der Waals surface area contributed by atoms with E-state index in [4.69, 9.17) is 5.73 Å². The van der Waals surface area contributed by atoms with Crippen LogP contribution < -0.4 is 5.73 Å². The lowest BCUT2D eigenvalue weighted by Gasteiger charge is -2.14. The van der Waals surface area contributed by atoms with Gasteiger partial charge in [-0.1, -0.05) is 25.5 Å². The third kappa shape index (κ3) is 1.69. The standard InChI is InChI=1S/C12H17N3/c1-3-6-9(2)15-11-8-5-4-7-10(11)14-12(15)13/h4-5,7-9H,3,6H2,1-2H3,(H2,13,14). The number of aromatic nitrogens is 2. The molecular weight excluding hydrogens is 186 g/mol. The zero-order valence-corrected chi connectivity index (χ0v) is 9.27. The van der Waals surface area contributed by atoms with Gasteiger partial charge in [0.1, 0.15) is 0 Å². The van der Waals surface area contributed by atoms with Gasteiger partial charge in [-0.15, -0.1) is 0 Å². The molecule has 0 bridgehead atoms. The molecule has 0 spiro atoms. The molecule has 0 aliphatic rings. The number of benzene rings is 1. The van der Waals surface area contributed by atoms with E-state index in [1.807, 2.05) is 18.2 Å². The van der Waals surface area contributed by atoms with Crippen molar-refractivity contribution >= 4 is 17.0 Å². The molecule has 3 heteroatoms. The molecule has 0 radical (unpaired) electrons. The van der Waals surface area contributed by atoms with E-state index in [-0.39, 0.29) is 0 Å². The summed E-state index contributed by atoms with van der Waals surface area (Å²) in [5.41, 5.74) is 8.06. The second kappa shape index (κ2) is 3.93. The minimum Gasteiger partial charge on any atom is -0.369 e. The number of rotatable bonds is 3. The van der Waals surface area contributed by atoms with Crippen LogP contribution in [0.5, 0.6) is 0 Å². The Bertz CT molecular complexity index is 459. The van der Waals surface area contributed by atoms with Crippen molar-refractivity contribution in [3.05, 3.63) is 24.3 Å². The van der Waals surface area contributed by atoms with Gasteiger partial charge in [-0.05, 0) is 25.5 Å². The number of para-hydroxylation sites is 2. The molecule has 1 unspecified atom stereocenters. The first-order valence-electron chi connectivity index (χ1n) is 5.46. The second-order valence-corrected chi connectivity index (χ2v) is 3.97. The van der Waals surface area contributed by atoms with Crippen molar-refractivity contribution < 1.29 is 0 Å². The number of anilines is 1. The van der Waals surface area contributed by atoms with E-state index in [9.17, 15) is 0 Å². The lowest BCUT2D eigenvalue weighted by Crippen LogP contribution is -2.08. The molecule has 80 valence electrons. The Morgan fingerprint density at radius 3 is 2.87 bits per heavy atom. The molecule has 0 saturated heterocycles. The number of nitrogens with zero attached hydrogens (tertiary/aromatic N) is 2. The first kappa shape index (κ1) is 10.0. The van der Waals surface area contributed by atoms with Gasteiger partial charge in [-0.2, -0.15) is 0 Å². The highest BCUT2D eigenvalue weighted by atomic mass is 15.2. The highest BCUT2D eigenvalue weighted by molar-refractivity contribution is 5.78.